The van der Waals surface area contributed by atoms with E-state index in [1.54, 1.807) is 6.33 Å². The summed E-state index contributed by atoms with van der Waals surface area (Å²) in [6, 6.07) is 4.20. The average molecular weight is 301 g/mol. The Morgan fingerprint density at radius 2 is 2.14 bits per heavy atom. The average Bonchev–Trinajstić information content (AvgIpc) is 3.17. The van der Waals surface area contributed by atoms with E-state index in [0.29, 0.717) is 19.0 Å². The minimum atomic E-state index is -0.144. The van der Waals surface area contributed by atoms with Crippen molar-refractivity contribution in [2.45, 2.75) is 31.8 Å². The highest BCUT2D eigenvalue weighted by molar-refractivity contribution is 5.76. The Morgan fingerprint density at radius 3 is 2.77 bits per heavy atom. The van der Waals surface area contributed by atoms with E-state index in [9.17, 15) is 4.79 Å². The third-order valence-corrected chi connectivity index (χ3v) is 3.85. The standard InChI is InChI=1S/C14H19N7O/c15-4-8-20(9-5-16)14(22)3-7-19-6-1-2-13(19)10-21-12-17-11-18-21/h11-13H,1-3,6-10H2. The molecular weight excluding hydrogens is 282 g/mol. The van der Waals surface area contributed by atoms with Crippen LogP contribution in [0.15, 0.2) is 12.7 Å². The lowest BCUT2D eigenvalue weighted by molar-refractivity contribution is -0.130. The summed E-state index contributed by atoms with van der Waals surface area (Å²) in [6.07, 6.45) is 5.73. The van der Waals surface area contributed by atoms with Gasteiger partial charge in [-0.2, -0.15) is 15.6 Å². The number of nitrogens with zero attached hydrogens (tertiary/aromatic N) is 7. The van der Waals surface area contributed by atoms with Gasteiger partial charge in [-0.05, 0) is 19.4 Å². The molecule has 0 radical (unpaired) electrons. The minimum Gasteiger partial charge on any atom is -0.316 e. The number of likely N-dealkylation sites (tertiary alicyclic amines) is 1. The van der Waals surface area contributed by atoms with Gasteiger partial charge in [-0.3, -0.25) is 14.4 Å². The van der Waals surface area contributed by atoms with Gasteiger partial charge >= 0.3 is 0 Å². The first-order valence-corrected chi connectivity index (χ1v) is 7.32. The topological polar surface area (TPSA) is 102 Å². The largest absolute Gasteiger partial charge is 0.316 e. The maximum atomic E-state index is 12.1. The zero-order valence-electron chi connectivity index (χ0n) is 12.4. The molecule has 1 aliphatic heterocycles. The number of hydrogen-bond acceptors (Lipinski definition) is 6. The van der Waals surface area contributed by atoms with E-state index in [-0.39, 0.29) is 19.0 Å². The summed E-state index contributed by atoms with van der Waals surface area (Å²) in [4.78, 5) is 19.6. The Balaban J connectivity index is 1.83. The molecule has 1 aromatic rings. The van der Waals surface area contributed by atoms with E-state index in [2.05, 4.69) is 15.0 Å². The smallest absolute Gasteiger partial charge is 0.225 e. The van der Waals surface area contributed by atoms with Crippen molar-refractivity contribution in [1.82, 2.24) is 24.6 Å². The zero-order valence-corrected chi connectivity index (χ0v) is 12.4. The molecule has 1 atom stereocenters. The molecule has 8 heteroatoms. The number of carbonyl (C=O) groups excluding carboxylic acids is 1. The molecule has 2 heterocycles. The highest BCUT2D eigenvalue weighted by Crippen LogP contribution is 2.18. The summed E-state index contributed by atoms with van der Waals surface area (Å²) >= 11 is 0. The van der Waals surface area contributed by atoms with Crippen molar-refractivity contribution in [3.63, 3.8) is 0 Å². The molecule has 1 unspecified atom stereocenters. The third-order valence-electron chi connectivity index (χ3n) is 3.85. The van der Waals surface area contributed by atoms with Gasteiger partial charge in [-0.15, -0.1) is 0 Å². The molecule has 1 fully saturated rings. The molecule has 0 aliphatic carbocycles. The van der Waals surface area contributed by atoms with Crippen molar-refractivity contribution in [3.8, 4) is 12.1 Å². The molecular formula is C14H19N7O. The van der Waals surface area contributed by atoms with Crippen LogP contribution in [0, 0.1) is 22.7 Å². The van der Waals surface area contributed by atoms with Crippen LogP contribution in [0.4, 0.5) is 0 Å². The second kappa shape index (κ2) is 8.11. The summed E-state index contributed by atoms with van der Waals surface area (Å²) in [5.74, 6) is -0.144. The molecule has 116 valence electrons. The molecule has 1 aromatic heterocycles. The quantitative estimate of drug-likeness (QED) is 0.657. The van der Waals surface area contributed by atoms with Crippen LogP contribution in [0.5, 0.6) is 0 Å². The highest BCUT2D eigenvalue weighted by atomic mass is 16.2. The van der Waals surface area contributed by atoms with E-state index in [1.165, 1.54) is 11.2 Å². The van der Waals surface area contributed by atoms with Gasteiger partial charge in [-0.25, -0.2) is 4.98 Å². The van der Waals surface area contributed by atoms with Crippen molar-refractivity contribution in [2.24, 2.45) is 0 Å². The van der Waals surface area contributed by atoms with E-state index in [1.807, 2.05) is 16.8 Å². The van der Waals surface area contributed by atoms with Gasteiger partial charge < -0.3 is 4.90 Å². The van der Waals surface area contributed by atoms with Crippen LogP contribution in [-0.2, 0) is 11.3 Å². The summed E-state index contributed by atoms with van der Waals surface area (Å²) in [5, 5.41) is 21.5. The second-order valence-electron chi connectivity index (χ2n) is 5.27. The van der Waals surface area contributed by atoms with Crippen LogP contribution in [0.3, 0.4) is 0 Å². The summed E-state index contributed by atoms with van der Waals surface area (Å²) < 4.78 is 1.81. The molecule has 1 amide bonds. The molecule has 1 aliphatic rings. The SMILES string of the molecule is N#CCN(CC#N)C(=O)CCN1CCCC1Cn1cncn1. The predicted molar refractivity (Wildman–Crippen MR) is 77.0 cm³/mol. The number of amides is 1. The van der Waals surface area contributed by atoms with Gasteiger partial charge in [0.2, 0.25) is 5.91 Å². The fraction of sp³-hybridized carbons (Fsp3) is 0.643. The van der Waals surface area contributed by atoms with Gasteiger partial charge in [-0.1, -0.05) is 0 Å². The van der Waals surface area contributed by atoms with Crippen LogP contribution in [0.25, 0.3) is 0 Å². The zero-order chi connectivity index (χ0) is 15.8. The van der Waals surface area contributed by atoms with Crippen molar-refractivity contribution >= 4 is 5.91 Å². The Labute approximate surface area is 129 Å². The van der Waals surface area contributed by atoms with Crippen LogP contribution in [-0.4, -0.2) is 62.7 Å². The summed E-state index contributed by atoms with van der Waals surface area (Å²) in [5.41, 5.74) is 0. The van der Waals surface area contributed by atoms with Crippen molar-refractivity contribution in [3.05, 3.63) is 12.7 Å². The number of nitriles is 2. The van der Waals surface area contributed by atoms with E-state index in [0.717, 1.165) is 25.9 Å². The lowest BCUT2D eigenvalue weighted by Crippen LogP contribution is -2.38. The van der Waals surface area contributed by atoms with Crippen molar-refractivity contribution in [2.75, 3.05) is 26.2 Å². The normalized spacial score (nSPS) is 17.8. The van der Waals surface area contributed by atoms with E-state index in [4.69, 9.17) is 10.5 Å². The van der Waals surface area contributed by atoms with E-state index < -0.39 is 0 Å². The van der Waals surface area contributed by atoms with Gasteiger partial charge in [0.05, 0.1) is 18.7 Å². The molecule has 0 spiro atoms. The Hall–Kier alpha value is -2.45. The maximum Gasteiger partial charge on any atom is 0.225 e. The number of aromatic nitrogens is 3. The molecule has 8 nitrogen and oxygen atoms in total. The first-order chi connectivity index (χ1) is 10.7. The van der Waals surface area contributed by atoms with Crippen LogP contribution < -0.4 is 0 Å². The van der Waals surface area contributed by atoms with Crippen molar-refractivity contribution < 1.29 is 4.79 Å². The van der Waals surface area contributed by atoms with Crippen molar-refractivity contribution in [1.29, 1.82) is 10.5 Å². The van der Waals surface area contributed by atoms with Gasteiger partial charge in [0.25, 0.3) is 0 Å². The van der Waals surface area contributed by atoms with Gasteiger partial charge in [0.1, 0.15) is 25.7 Å². The fourth-order valence-electron chi connectivity index (χ4n) is 2.74. The lowest BCUT2D eigenvalue weighted by atomic mass is 10.2. The van der Waals surface area contributed by atoms with E-state index >= 15 is 0 Å². The number of carbonyl (C=O) groups is 1. The monoisotopic (exact) mass is 301 g/mol. The summed E-state index contributed by atoms with van der Waals surface area (Å²) in [6.45, 7) is 2.31. The molecule has 0 saturated carbocycles. The molecule has 0 aromatic carbocycles. The van der Waals surface area contributed by atoms with Gasteiger partial charge in [0, 0.05) is 19.0 Å². The van der Waals surface area contributed by atoms with Crippen LogP contribution >= 0.6 is 0 Å². The Morgan fingerprint density at radius 1 is 1.36 bits per heavy atom. The van der Waals surface area contributed by atoms with Crippen LogP contribution in [0.2, 0.25) is 0 Å². The molecule has 0 N–H and O–H groups in total. The summed E-state index contributed by atoms with van der Waals surface area (Å²) in [7, 11) is 0. The third kappa shape index (κ3) is 4.27. The number of hydrogen-bond donors (Lipinski definition) is 0. The lowest BCUT2D eigenvalue weighted by Gasteiger charge is -2.25. The fourth-order valence-corrected chi connectivity index (χ4v) is 2.74. The molecule has 0 bridgehead atoms. The Kier molecular flexibility index (Phi) is 5.87. The predicted octanol–water partition coefficient (Wildman–Crippen LogP) is 0.00836. The molecule has 1 saturated heterocycles. The molecule has 2 rings (SSSR count). The maximum absolute atomic E-state index is 12.1. The first-order valence-electron chi connectivity index (χ1n) is 7.32. The van der Waals surface area contributed by atoms with Crippen LogP contribution in [0.1, 0.15) is 19.3 Å². The number of rotatable bonds is 7. The second-order valence-corrected chi connectivity index (χ2v) is 5.27. The first kappa shape index (κ1) is 15.9. The highest BCUT2D eigenvalue weighted by Gasteiger charge is 2.26. The molecule has 22 heavy (non-hydrogen) atoms. The minimum absolute atomic E-state index is 0.0330. The Bertz CT molecular complexity index is 541. The van der Waals surface area contributed by atoms with Gasteiger partial charge in [0.15, 0.2) is 0 Å².